The second kappa shape index (κ2) is 3.55. The second-order valence-electron chi connectivity index (χ2n) is 3.59. The van der Waals surface area contributed by atoms with Gasteiger partial charge in [0.25, 0.3) is 0 Å². The van der Waals surface area contributed by atoms with Crippen LogP contribution >= 0.6 is 0 Å². The molecule has 0 saturated heterocycles. The van der Waals surface area contributed by atoms with E-state index in [0.717, 1.165) is 18.5 Å². The van der Waals surface area contributed by atoms with Crippen LogP contribution < -0.4 is 10.5 Å². The fraction of sp³-hybridized carbons (Fsp3) is 0.500. The quantitative estimate of drug-likeness (QED) is 0.727. The fourth-order valence-corrected chi connectivity index (χ4v) is 1.28. The summed E-state index contributed by atoms with van der Waals surface area (Å²) in [6.07, 6.45) is 3.73. The van der Waals surface area contributed by atoms with Crippen molar-refractivity contribution in [2.75, 3.05) is 13.9 Å². The zero-order chi connectivity index (χ0) is 10.0. The van der Waals surface area contributed by atoms with E-state index >= 15 is 0 Å². The molecule has 1 heterocycles. The van der Waals surface area contributed by atoms with Crippen molar-refractivity contribution in [1.82, 2.24) is 4.98 Å². The molecular formula is C10H14N2O2. The van der Waals surface area contributed by atoms with Gasteiger partial charge < -0.3 is 15.2 Å². The highest BCUT2D eigenvalue weighted by molar-refractivity contribution is 5.27. The third-order valence-corrected chi connectivity index (χ3v) is 2.38. The van der Waals surface area contributed by atoms with Gasteiger partial charge in [0.2, 0.25) is 0 Å². The Morgan fingerprint density at radius 1 is 1.50 bits per heavy atom. The zero-order valence-corrected chi connectivity index (χ0v) is 8.19. The number of hydrogen-bond acceptors (Lipinski definition) is 4. The number of nitrogens with two attached hydrogens (primary N) is 1. The van der Waals surface area contributed by atoms with Crippen LogP contribution in [-0.4, -0.2) is 18.9 Å². The number of rotatable bonds is 4. The summed E-state index contributed by atoms with van der Waals surface area (Å²) in [7, 11) is 1.58. The van der Waals surface area contributed by atoms with E-state index in [1.54, 1.807) is 13.3 Å². The van der Waals surface area contributed by atoms with Crippen LogP contribution in [0.4, 0.5) is 0 Å². The summed E-state index contributed by atoms with van der Waals surface area (Å²) in [5.41, 5.74) is 6.77. The number of hydrogen-bond donors (Lipinski definition) is 1. The van der Waals surface area contributed by atoms with Gasteiger partial charge in [-0.25, -0.2) is 0 Å². The average molecular weight is 194 g/mol. The van der Waals surface area contributed by atoms with Gasteiger partial charge in [-0.3, -0.25) is 4.98 Å². The van der Waals surface area contributed by atoms with E-state index in [2.05, 4.69) is 4.98 Å². The number of ether oxygens (including phenoxy) is 2. The molecule has 0 atom stereocenters. The Morgan fingerprint density at radius 2 is 2.29 bits per heavy atom. The van der Waals surface area contributed by atoms with Gasteiger partial charge in [-0.1, -0.05) is 0 Å². The molecule has 2 rings (SSSR count). The predicted octanol–water partition coefficient (Wildman–Crippen LogP) is 1.01. The van der Waals surface area contributed by atoms with Crippen molar-refractivity contribution in [1.29, 1.82) is 0 Å². The Hall–Kier alpha value is -1.13. The van der Waals surface area contributed by atoms with Gasteiger partial charge in [0, 0.05) is 7.11 Å². The summed E-state index contributed by atoms with van der Waals surface area (Å²) in [5.74, 6) is 0.708. The molecule has 2 N–H and O–H groups in total. The molecule has 1 aromatic heterocycles. The maximum absolute atomic E-state index is 5.99. The molecule has 0 radical (unpaired) electrons. The fourth-order valence-electron chi connectivity index (χ4n) is 1.28. The highest BCUT2D eigenvalue weighted by Gasteiger charge is 2.41. The van der Waals surface area contributed by atoms with Crippen LogP contribution in [0.25, 0.3) is 0 Å². The van der Waals surface area contributed by atoms with Crippen LogP contribution in [0.3, 0.4) is 0 Å². The normalized spacial score (nSPS) is 17.9. The lowest BCUT2D eigenvalue weighted by Crippen LogP contribution is -2.20. The summed E-state index contributed by atoms with van der Waals surface area (Å²) >= 11 is 0. The van der Waals surface area contributed by atoms with Gasteiger partial charge in [0.15, 0.2) is 6.79 Å². The maximum Gasteiger partial charge on any atom is 0.188 e. The molecule has 0 spiro atoms. The van der Waals surface area contributed by atoms with Crippen molar-refractivity contribution in [2.24, 2.45) is 5.73 Å². The molecule has 4 heteroatoms. The Bertz CT molecular complexity index is 306. The molecule has 0 unspecified atom stereocenters. The lowest BCUT2D eigenvalue weighted by Gasteiger charge is -2.09. The van der Waals surface area contributed by atoms with Crippen molar-refractivity contribution >= 4 is 0 Å². The van der Waals surface area contributed by atoms with Gasteiger partial charge in [-0.15, -0.1) is 0 Å². The summed E-state index contributed by atoms with van der Waals surface area (Å²) < 4.78 is 10.00. The van der Waals surface area contributed by atoms with Gasteiger partial charge in [0.1, 0.15) is 5.75 Å². The van der Waals surface area contributed by atoms with Crippen LogP contribution in [-0.2, 0) is 10.3 Å². The summed E-state index contributed by atoms with van der Waals surface area (Å²) in [4.78, 5) is 4.26. The van der Waals surface area contributed by atoms with Crippen molar-refractivity contribution in [3.63, 3.8) is 0 Å². The monoisotopic (exact) mass is 194 g/mol. The minimum Gasteiger partial charge on any atom is -0.466 e. The van der Waals surface area contributed by atoms with Gasteiger partial charge in [-0.05, 0) is 25.0 Å². The van der Waals surface area contributed by atoms with Crippen LogP contribution in [0.1, 0.15) is 18.5 Å². The van der Waals surface area contributed by atoms with Crippen LogP contribution in [0.2, 0.25) is 0 Å². The molecule has 4 nitrogen and oxygen atoms in total. The molecule has 0 bridgehead atoms. The van der Waals surface area contributed by atoms with Crippen molar-refractivity contribution in [3.05, 3.63) is 24.0 Å². The topological polar surface area (TPSA) is 57.4 Å². The Kier molecular flexibility index (Phi) is 2.39. The minimum absolute atomic E-state index is 0.167. The molecule has 0 aliphatic heterocycles. The summed E-state index contributed by atoms with van der Waals surface area (Å²) in [5, 5.41) is 0. The van der Waals surface area contributed by atoms with E-state index in [4.69, 9.17) is 15.2 Å². The molecule has 1 fully saturated rings. The lowest BCUT2D eigenvalue weighted by atomic mass is 10.2. The molecule has 14 heavy (non-hydrogen) atoms. The summed E-state index contributed by atoms with van der Waals surface area (Å²) in [6.45, 7) is 0.245. The molecule has 1 aliphatic carbocycles. The van der Waals surface area contributed by atoms with E-state index in [-0.39, 0.29) is 12.3 Å². The number of aromatic nitrogens is 1. The summed E-state index contributed by atoms with van der Waals surface area (Å²) in [6, 6.07) is 3.78. The van der Waals surface area contributed by atoms with Gasteiger partial charge in [0.05, 0.1) is 17.4 Å². The molecule has 76 valence electrons. The number of pyridine rings is 1. The van der Waals surface area contributed by atoms with Crippen molar-refractivity contribution in [3.8, 4) is 5.75 Å². The Balaban J connectivity index is 2.03. The predicted molar refractivity (Wildman–Crippen MR) is 51.8 cm³/mol. The number of methoxy groups -OCH3 is 1. The third kappa shape index (κ3) is 1.86. The van der Waals surface area contributed by atoms with Crippen molar-refractivity contribution < 1.29 is 9.47 Å². The Morgan fingerprint density at radius 3 is 2.79 bits per heavy atom. The van der Waals surface area contributed by atoms with E-state index in [9.17, 15) is 0 Å². The van der Waals surface area contributed by atoms with E-state index in [1.165, 1.54) is 0 Å². The van der Waals surface area contributed by atoms with Gasteiger partial charge in [-0.2, -0.15) is 0 Å². The first-order valence-electron chi connectivity index (χ1n) is 4.62. The van der Waals surface area contributed by atoms with Crippen LogP contribution in [0.5, 0.6) is 5.75 Å². The lowest BCUT2D eigenvalue weighted by molar-refractivity contribution is 0.0508. The average Bonchev–Trinajstić information content (AvgIpc) is 2.96. The molecule has 1 aromatic rings. The Labute approximate surface area is 83.0 Å². The highest BCUT2D eigenvalue weighted by atomic mass is 16.7. The van der Waals surface area contributed by atoms with E-state index < -0.39 is 0 Å². The SMILES string of the molecule is COCOc1ccc(C2(N)CC2)nc1. The first-order chi connectivity index (χ1) is 6.74. The molecule has 0 aromatic carbocycles. The molecule has 1 aliphatic rings. The third-order valence-electron chi connectivity index (χ3n) is 2.38. The smallest absolute Gasteiger partial charge is 0.188 e. The second-order valence-corrected chi connectivity index (χ2v) is 3.59. The molecular weight excluding hydrogens is 180 g/mol. The largest absolute Gasteiger partial charge is 0.466 e. The standard InChI is InChI=1S/C10H14N2O2/c1-13-7-14-8-2-3-9(12-6-8)10(11)4-5-10/h2-3,6H,4-5,7,11H2,1H3. The van der Waals surface area contributed by atoms with E-state index in [0.29, 0.717) is 5.75 Å². The van der Waals surface area contributed by atoms with Gasteiger partial charge >= 0.3 is 0 Å². The van der Waals surface area contributed by atoms with Crippen LogP contribution in [0, 0.1) is 0 Å². The van der Waals surface area contributed by atoms with E-state index in [1.807, 2.05) is 12.1 Å². The first-order valence-corrected chi connectivity index (χ1v) is 4.62. The zero-order valence-electron chi connectivity index (χ0n) is 8.19. The minimum atomic E-state index is -0.167. The molecule has 0 amide bonds. The van der Waals surface area contributed by atoms with Crippen LogP contribution in [0.15, 0.2) is 18.3 Å². The first kappa shape index (κ1) is 9.43. The number of nitrogens with zero attached hydrogens (tertiary/aromatic N) is 1. The maximum atomic E-state index is 5.99. The van der Waals surface area contributed by atoms with Crippen molar-refractivity contribution in [2.45, 2.75) is 18.4 Å². The molecule has 1 saturated carbocycles. The highest BCUT2D eigenvalue weighted by Crippen LogP contribution is 2.41.